The number of hydrogen-bond donors (Lipinski definition) is 1. The summed E-state index contributed by atoms with van der Waals surface area (Å²) >= 11 is 1.64. The van der Waals surface area contributed by atoms with E-state index >= 15 is 0 Å². The van der Waals surface area contributed by atoms with Crippen molar-refractivity contribution < 1.29 is 4.79 Å². The molecule has 2 unspecified atom stereocenters. The molecule has 0 spiro atoms. The zero-order valence-corrected chi connectivity index (χ0v) is 14.0. The van der Waals surface area contributed by atoms with Gasteiger partial charge in [0.25, 0.3) is 0 Å². The lowest BCUT2D eigenvalue weighted by molar-refractivity contribution is -0.129. The van der Waals surface area contributed by atoms with E-state index in [0.29, 0.717) is 6.04 Å². The minimum Gasteiger partial charge on any atom is -0.340 e. The molecule has 0 aliphatic carbocycles. The van der Waals surface area contributed by atoms with E-state index in [1.807, 2.05) is 24.5 Å². The van der Waals surface area contributed by atoms with Crippen molar-refractivity contribution >= 4 is 17.7 Å². The van der Waals surface area contributed by atoms with Crippen LogP contribution in [0.3, 0.4) is 0 Å². The molecule has 2 aliphatic rings. The molecular formula is C17H25N3OS. The zero-order chi connectivity index (χ0) is 15.4. The second kappa shape index (κ2) is 7.49. The Labute approximate surface area is 137 Å². The highest BCUT2D eigenvalue weighted by Gasteiger charge is 2.34. The summed E-state index contributed by atoms with van der Waals surface area (Å²) in [5, 5.41) is 3.33. The highest BCUT2D eigenvalue weighted by molar-refractivity contribution is 7.99. The monoisotopic (exact) mass is 319 g/mol. The van der Waals surface area contributed by atoms with Crippen molar-refractivity contribution in [3.05, 3.63) is 35.9 Å². The lowest BCUT2D eigenvalue weighted by Gasteiger charge is -2.32. The molecule has 2 saturated heterocycles. The number of piperazine rings is 1. The number of rotatable bonds is 4. The van der Waals surface area contributed by atoms with Gasteiger partial charge < -0.3 is 10.2 Å². The smallest absolute Gasteiger partial charge is 0.240 e. The summed E-state index contributed by atoms with van der Waals surface area (Å²) < 4.78 is 0. The van der Waals surface area contributed by atoms with Crippen molar-refractivity contribution in [2.75, 3.05) is 45.5 Å². The number of likely N-dealkylation sites (tertiary alicyclic amines) is 1. The second-order valence-corrected chi connectivity index (χ2v) is 6.98. The summed E-state index contributed by atoms with van der Waals surface area (Å²) in [5.41, 5.74) is 1.12. The first-order valence-electron chi connectivity index (χ1n) is 8.11. The third kappa shape index (κ3) is 3.47. The standard InChI is InChI=1S/C17H25N3OS/c1-22-16(14-5-3-2-4-6-14)17(21)20-10-7-15(13-20)19-11-8-18-9-12-19/h2-6,15-16,18H,7-13H2,1H3. The van der Waals surface area contributed by atoms with Gasteiger partial charge in [-0.1, -0.05) is 30.3 Å². The maximum Gasteiger partial charge on any atom is 0.240 e. The molecule has 0 saturated carbocycles. The van der Waals surface area contributed by atoms with Crippen LogP contribution in [0.15, 0.2) is 30.3 Å². The third-order valence-electron chi connectivity index (χ3n) is 4.71. The normalized spacial score (nSPS) is 24.4. The first-order chi connectivity index (χ1) is 10.8. The van der Waals surface area contributed by atoms with Crippen LogP contribution in [0.2, 0.25) is 0 Å². The number of thioether (sulfide) groups is 1. The largest absolute Gasteiger partial charge is 0.340 e. The molecule has 0 aromatic heterocycles. The molecule has 0 bridgehead atoms. The van der Waals surface area contributed by atoms with Crippen molar-refractivity contribution in [1.82, 2.24) is 15.1 Å². The maximum atomic E-state index is 12.9. The van der Waals surface area contributed by atoms with E-state index in [0.717, 1.165) is 51.3 Å². The van der Waals surface area contributed by atoms with Crippen molar-refractivity contribution in [3.63, 3.8) is 0 Å². The topological polar surface area (TPSA) is 35.6 Å². The minimum atomic E-state index is -0.0667. The summed E-state index contributed by atoms with van der Waals surface area (Å²) in [4.78, 5) is 17.5. The fraction of sp³-hybridized carbons (Fsp3) is 0.588. The van der Waals surface area contributed by atoms with E-state index in [9.17, 15) is 4.79 Å². The molecule has 2 atom stereocenters. The summed E-state index contributed by atoms with van der Waals surface area (Å²) in [7, 11) is 0. The molecule has 1 N–H and O–H groups in total. The van der Waals surface area contributed by atoms with Gasteiger partial charge in [0.15, 0.2) is 0 Å². The van der Waals surface area contributed by atoms with Crippen molar-refractivity contribution in [2.24, 2.45) is 0 Å². The van der Waals surface area contributed by atoms with E-state index in [1.54, 1.807) is 11.8 Å². The minimum absolute atomic E-state index is 0.0667. The lowest BCUT2D eigenvalue weighted by atomic mass is 10.1. The Morgan fingerprint density at radius 3 is 2.64 bits per heavy atom. The Morgan fingerprint density at radius 2 is 1.95 bits per heavy atom. The van der Waals surface area contributed by atoms with Gasteiger partial charge >= 0.3 is 0 Å². The van der Waals surface area contributed by atoms with Gasteiger partial charge in [0.1, 0.15) is 5.25 Å². The summed E-state index contributed by atoms with van der Waals surface area (Å²) in [6.45, 7) is 6.15. The van der Waals surface area contributed by atoms with Crippen LogP contribution in [0.25, 0.3) is 0 Å². The Bertz CT molecular complexity index is 490. The van der Waals surface area contributed by atoms with Gasteiger partial charge in [-0.2, -0.15) is 0 Å². The molecule has 4 nitrogen and oxygen atoms in total. The van der Waals surface area contributed by atoms with Crippen LogP contribution in [0, 0.1) is 0 Å². The molecule has 1 amide bonds. The number of benzene rings is 1. The van der Waals surface area contributed by atoms with E-state index in [2.05, 4.69) is 27.2 Å². The number of hydrogen-bond acceptors (Lipinski definition) is 4. The number of carbonyl (C=O) groups excluding carboxylic acids is 1. The first kappa shape index (κ1) is 15.8. The van der Waals surface area contributed by atoms with Crippen molar-refractivity contribution in [3.8, 4) is 0 Å². The fourth-order valence-electron chi connectivity index (χ4n) is 3.46. The van der Waals surface area contributed by atoms with Crippen LogP contribution in [-0.4, -0.2) is 67.3 Å². The highest BCUT2D eigenvalue weighted by atomic mass is 32.2. The number of carbonyl (C=O) groups is 1. The van der Waals surface area contributed by atoms with Crippen LogP contribution in [0.1, 0.15) is 17.2 Å². The average molecular weight is 319 g/mol. The molecule has 2 aliphatic heterocycles. The Kier molecular flexibility index (Phi) is 5.39. The Morgan fingerprint density at radius 1 is 1.23 bits per heavy atom. The van der Waals surface area contributed by atoms with E-state index in [1.165, 1.54) is 0 Å². The summed E-state index contributed by atoms with van der Waals surface area (Å²) in [5.74, 6) is 0.274. The van der Waals surface area contributed by atoms with Crippen LogP contribution in [0.5, 0.6) is 0 Å². The van der Waals surface area contributed by atoms with Crippen molar-refractivity contribution in [1.29, 1.82) is 0 Å². The predicted molar refractivity (Wildman–Crippen MR) is 92.1 cm³/mol. The van der Waals surface area contributed by atoms with Crippen LogP contribution >= 0.6 is 11.8 Å². The Balaban J connectivity index is 1.62. The fourth-order valence-corrected chi connectivity index (χ4v) is 4.24. The molecule has 5 heteroatoms. The van der Waals surface area contributed by atoms with Crippen LogP contribution in [-0.2, 0) is 4.79 Å². The highest BCUT2D eigenvalue weighted by Crippen LogP contribution is 2.30. The third-order valence-corrected chi connectivity index (χ3v) is 5.65. The van der Waals surface area contributed by atoms with Gasteiger partial charge in [-0.3, -0.25) is 9.69 Å². The maximum absolute atomic E-state index is 12.9. The zero-order valence-electron chi connectivity index (χ0n) is 13.2. The van der Waals surface area contributed by atoms with E-state index in [4.69, 9.17) is 0 Å². The van der Waals surface area contributed by atoms with Gasteiger partial charge in [-0.15, -0.1) is 11.8 Å². The second-order valence-electron chi connectivity index (χ2n) is 6.04. The van der Waals surface area contributed by atoms with E-state index < -0.39 is 0 Å². The molecule has 1 aromatic rings. The molecule has 2 fully saturated rings. The number of amides is 1. The Hall–Kier alpha value is -1.04. The van der Waals surface area contributed by atoms with Gasteiger partial charge in [-0.25, -0.2) is 0 Å². The van der Waals surface area contributed by atoms with E-state index in [-0.39, 0.29) is 11.2 Å². The predicted octanol–water partition coefficient (Wildman–Crippen LogP) is 1.60. The van der Waals surface area contributed by atoms with Gasteiger partial charge in [0.05, 0.1) is 0 Å². The lowest BCUT2D eigenvalue weighted by Crippen LogP contribution is -2.49. The molecule has 2 heterocycles. The van der Waals surface area contributed by atoms with Crippen LogP contribution < -0.4 is 5.32 Å². The summed E-state index contributed by atoms with van der Waals surface area (Å²) in [6, 6.07) is 10.7. The molecule has 120 valence electrons. The van der Waals surface area contributed by atoms with Gasteiger partial charge in [-0.05, 0) is 18.2 Å². The summed E-state index contributed by atoms with van der Waals surface area (Å²) in [6.07, 6.45) is 3.14. The molecule has 0 radical (unpaired) electrons. The number of nitrogens with one attached hydrogen (secondary N) is 1. The first-order valence-corrected chi connectivity index (χ1v) is 9.39. The van der Waals surface area contributed by atoms with Crippen LogP contribution in [0.4, 0.5) is 0 Å². The van der Waals surface area contributed by atoms with Gasteiger partial charge in [0.2, 0.25) is 5.91 Å². The SMILES string of the molecule is CSC(C(=O)N1CCC(N2CCNCC2)C1)c1ccccc1. The molecular weight excluding hydrogens is 294 g/mol. The molecule has 22 heavy (non-hydrogen) atoms. The van der Waals surface area contributed by atoms with Crippen molar-refractivity contribution in [2.45, 2.75) is 17.7 Å². The number of nitrogens with zero attached hydrogens (tertiary/aromatic N) is 2. The quantitative estimate of drug-likeness (QED) is 0.914. The average Bonchev–Trinajstić information content (AvgIpc) is 3.07. The molecule has 3 rings (SSSR count). The van der Waals surface area contributed by atoms with Gasteiger partial charge in [0, 0.05) is 45.3 Å². The molecule has 1 aromatic carbocycles.